The molecule has 7 atom stereocenters. The Morgan fingerprint density at radius 2 is 1.87 bits per heavy atom. The first kappa shape index (κ1) is 32.2. The molecule has 0 aliphatic carbocycles. The van der Waals surface area contributed by atoms with Gasteiger partial charge in [0.1, 0.15) is 42.8 Å². The molecule has 244 valence electrons. The molecule has 2 aromatic rings. The Morgan fingerprint density at radius 1 is 1.13 bits per heavy atom. The summed E-state index contributed by atoms with van der Waals surface area (Å²) in [5.74, 6) is -4.21. The molecule has 0 saturated carbocycles. The van der Waals surface area contributed by atoms with Gasteiger partial charge in [0.05, 0.1) is 18.8 Å². The Morgan fingerprint density at radius 3 is 2.47 bits per heavy atom. The number of amides is 2. The van der Waals surface area contributed by atoms with E-state index in [1.165, 1.54) is 23.3 Å². The van der Waals surface area contributed by atoms with E-state index in [0.29, 0.717) is 0 Å². The first-order valence-electron chi connectivity index (χ1n) is 13.7. The van der Waals surface area contributed by atoms with Crippen molar-refractivity contribution in [3.8, 4) is 5.88 Å². The van der Waals surface area contributed by atoms with E-state index in [-0.39, 0.29) is 55.4 Å². The highest BCUT2D eigenvalue weighted by molar-refractivity contribution is 5.90. The minimum Gasteiger partial charge on any atom is -0.479 e. The molecule has 4 heterocycles. The number of aliphatic carboxylic acids is 1. The highest BCUT2D eigenvalue weighted by Gasteiger charge is 2.48. The maximum atomic E-state index is 15.2. The number of aliphatic hydroxyl groups is 4. The van der Waals surface area contributed by atoms with Crippen LogP contribution in [0.1, 0.15) is 12.0 Å². The third-order valence-corrected chi connectivity index (χ3v) is 7.44. The number of anilines is 1. The van der Waals surface area contributed by atoms with Gasteiger partial charge in [0.25, 0.3) is 11.8 Å². The van der Waals surface area contributed by atoms with Gasteiger partial charge in [-0.2, -0.15) is 0 Å². The van der Waals surface area contributed by atoms with Crippen LogP contribution in [0.2, 0.25) is 0 Å². The number of carboxylic acids is 1. The average molecular weight is 642 g/mol. The monoisotopic (exact) mass is 641 g/mol. The van der Waals surface area contributed by atoms with Gasteiger partial charge in [-0.3, -0.25) is 9.69 Å². The Kier molecular flexibility index (Phi) is 9.61. The Hall–Kier alpha value is -4.20. The van der Waals surface area contributed by atoms with Crippen LogP contribution in [0.5, 0.6) is 5.88 Å². The zero-order chi connectivity index (χ0) is 32.4. The lowest BCUT2D eigenvalue weighted by Crippen LogP contribution is -2.61. The molecule has 0 spiro atoms. The van der Waals surface area contributed by atoms with E-state index in [0.717, 1.165) is 17.0 Å². The predicted molar refractivity (Wildman–Crippen MR) is 141 cm³/mol. The molecule has 2 fully saturated rings. The fourth-order valence-electron chi connectivity index (χ4n) is 5.10. The molecule has 3 aliphatic heterocycles. The molecular formula is C27H29F2N3O13. The van der Waals surface area contributed by atoms with Crippen LogP contribution in [0.25, 0.3) is 5.57 Å². The van der Waals surface area contributed by atoms with Crippen LogP contribution in [0.4, 0.5) is 19.3 Å². The second-order valence-electron chi connectivity index (χ2n) is 10.4. The number of rotatable bonds is 10. The van der Waals surface area contributed by atoms with Gasteiger partial charge in [-0.15, -0.1) is 0 Å². The van der Waals surface area contributed by atoms with Crippen molar-refractivity contribution in [3.05, 3.63) is 47.7 Å². The van der Waals surface area contributed by atoms with Crippen molar-refractivity contribution in [2.45, 2.75) is 49.3 Å². The molecule has 0 bridgehead atoms. The van der Waals surface area contributed by atoms with Crippen LogP contribution in [0.3, 0.4) is 0 Å². The number of carbonyl (C=O) groups excluding carboxylic acids is 2. The molecule has 1 aromatic carbocycles. The van der Waals surface area contributed by atoms with Crippen LogP contribution in [0, 0.1) is 11.6 Å². The number of hydrogen-bond donors (Lipinski definition) is 5. The Bertz CT molecular complexity index is 1420. The lowest BCUT2D eigenvalue weighted by atomic mass is 9.97. The van der Waals surface area contributed by atoms with Gasteiger partial charge < -0.3 is 53.9 Å². The van der Waals surface area contributed by atoms with Crippen molar-refractivity contribution in [2.24, 2.45) is 0 Å². The van der Waals surface area contributed by atoms with E-state index in [9.17, 15) is 39.9 Å². The van der Waals surface area contributed by atoms with E-state index in [4.69, 9.17) is 18.9 Å². The van der Waals surface area contributed by atoms with E-state index >= 15 is 8.78 Å². The van der Waals surface area contributed by atoms with Gasteiger partial charge in [0.2, 0.25) is 0 Å². The highest BCUT2D eigenvalue weighted by Crippen LogP contribution is 2.33. The van der Waals surface area contributed by atoms with Gasteiger partial charge >= 0.3 is 12.1 Å². The zero-order valence-electron chi connectivity index (χ0n) is 23.3. The van der Waals surface area contributed by atoms with Gasteiger partial charge in [0, 0.05) is 24.7 Å². The average Bonchev–Trinajstić information content (AvgIpc) is 3.67. The summed E-state index contributed by atoms with van der Waals surface area (Å²) >= 11 is 0. The third kappa shape index (κ3) is 6.75. The van der Waals surface area contributed by atoms with Crippen molar-refractivity contribution in [1.29, 1.82) is 0 Å². The highest BCUT2D eigenvalue weighted by atomic mass is 19.1. The van der Waals surface area contributed by atoms with E-state index < -0.39 is 79.1 Å². The third-order valence-electron chi connectivity index (χ3n) is 7.44. The van der Waals surface area contributed by atoms with Gasteiger partial charge in [-0.1, -0.05) is 6.08 Å². The summed E-state index contributed by atoms with van der Waals surface area (Å²) in [6.07, 6.45) is -10.3. The summed E-state index contributed by atoms with van der Waals surface area (Å²) in [6, 6.07) is 3.43. The summed E-state index contributed by atoms with van der Waals surface area (Å²) < 4.78 is 56.0. The summed E-state index contributed by atoms with van der Waals surface area (Å²) in [5, 5.41) is 52.4. The number of benzene rings is 1. The van der Waals surface area contributed by atoms with Crippen molar-refractivity contribution in [2.75, 3.05) is 37.7 Å². The SMILES string of the molecule is O=C(O)C1OC(O[C@@H](CO)C(=O)N2CC=C(c3c(F)cc(N4C[C@H](COc5ccon5)OC4=O)cc3F)CC2)C(O)C(O)C1O. The largest absolute Gasteiger partial charge is 0.479 e. The van der Waals surface area contributed by atoms with Crippen LogP contribution < -0.4 is 9.64 Å². The normalized spacial score (nSPS) is 27.6. The standard InChI is InChI=1S/C27H29F2N3O13/c28-15-7-13(32-9-14(43-27(32)40)11-41-18-3-6-42-30-18)8-16(29)19(15)12-1-4-31(5-2-12)24(37)17(10-33)44-26-22(36)20(34)21(35)23(45-26)25(38)39/h1,3,6-8,14,17,20-23,26,33-36H,2,4-5,9-11H2,(H,38,39)/t14-,17+,20?,21?,22?,23?,26?/m1/s1. The molecule has 0 radical (unpaired) electrons. The molecule has 2 amide bonds. The molecule has 45 heavy (non-hydrogen) atoms. The molecule has 5 unspecified atom stereocenters. The summed E-state index contributed by atoms with van der Waals surface area (Å²) in [6.45, 7) is -1.25. The summed E-state index contributed by atoms with van der Waals surface area (Å²) in [7, 11) is 0. The van der Waals surface area contributed by atoms with E-state index in [2.05, 4.69) is 9.68 Å². The zero-order valence-corrected chi connectivity index (χ0v) is 23.3. The number of aromatic nitrogens is 1. The number of cyclic esters (lactones) is 1. The number of nitrogens with zero attached hydrogens (tertiary/aromatic N) is 3. The second-order valence-corrected chi connectivity index (χ2v) is 10.4. The minimum atomic E-state index is -1.98. The molecule has 3 aliphatic rings. The molecule has 2 saturated heterocycles. The smallest absolute Gasteiger partial charge is 0.414 e. The van der Waals surface area contributed by atoms with Gasteiger partial charge in [0.15, 0.2) is 24.6 Å². The number of ether oxygens (including phenoxy) is 4. The lowest BCUT2D eigenvalue weighted by Gasteiger charge is -2.40. The van der Waals surface area contributed by atoms with Gasteiger partial charge in [-0.25, -0.2) is 18.4 Å². The molecule has 16 nitrogen and oxygen atoms in total. The second kappa shape index (κ2) is 13.4. The molecule has 5 N–H and O–H groups in total. The molecule has 18 heteroatoms. The van der Waals surface area contributed by atoms with Crippen LogP contribution in [-0.4, -0.2) is 129 Å². The van der Waals surface area contributed by atoms with E-state index in [1.54, 1.807) is 0 Å². The first-order chi connectivity index (χ1) is 21.5. The summed E-state index contributed by atoms with van der Waals surface area (Å²) in [4.78, 5) is 39.0. The van der Waals surface area contributed by atoms with E-state index in [1.807, 2.05) is 0 Å². The quantitative estimate of drug-likeness (QED) is 0.215. The van der Waals surface area contributed by atoms with Crippen LogP contribution in [0.15, 0.2) is 35.1 Å². The Labute approximate surface area is 252 Å². The molecule has 5 rings (SSSR count). The molecular weight excluding hydrogens is 612 g/mol. The summed E-state index contributed by atoms with van der Waals surface area (Å²) in [5.41, 5.74) is -0.198. The predicted octanol–water partition coefficient (Wildman–Crippen LogP) is -0.758. The number of carbonyl (C=O) groups is 3. The van der Waals surface area contributed by atoms with Crippen molar-refractivity contribution >= 4 is 29.2 Å². The number of hydrogen-bond acceptors (Lipinski definition) is 13. The number of halogens is 2. The van der Waals surface area contributed by atoms with Crippen molar-refractivity contribution in [3.63, 3.8) is 0 Å². The maximum absolute atomic E-state index is 15.2. The van der Waals surface area contributed by atoms with Crippen LogP contribution >= 0.6 is 0 Å². The molecule has 1 aromatic heterocycles. The van der Waals surface area contributed by atoms with Gasteiger partial charge in [-0.05, 0) is 29.3 Å². The number of carboxylic acid groups (broad SMARTS) is 1. The minimum absolute atomic E-state index is 0.0150. The topological polar surface area (TPSA) is 222 Å². The number of aliphatic hydroxyl groups excluding tert-OH is 4. The fourth-order valence-corrected chi connectivity index (χ4v) is 5.10. The lowest BCUT2D eigenvalue weighted by molar-refractivity contribution is -0.304. The van der Waals surface area contributed by atoms with Crippen molar-refractivity contribution in [1.82, 2.24) is 10.1 Å². The fraction of sp³-hybridized carbons (Fsp3) is 0.481. The Balaban J connectivity index is 1.22. The van der Waals surface area contributed by atoms with Crippen molar-refractivity contribution < 1.29 is 72.2 Å². The van der Waals surface area contributed by atoms with Crippen LogP contribution in [-0.2, 0) is 23.8 Å². The first-order valence-corrected chi connectivity index (χ1v) is 13.7. The maximum Gasteiger partial charge on any atom is 0.414 e.